The minimum atomic E-state index is -0.455. The van der Waals surface area contributed by atoms with E-state index < -0.39 is 10.9 Å². The van der Waals surface area contributed by atoms with Crippen LogP contribution in [0.25, 0.3) is 43.1 Å². The number of rotatable bonds is 4. The predicted octanol–water partition coefficient (Wildman–Crippen LogP) is 9.39. The zero-order valence-corrected chi connectivity index (χ0v) is 52.3. The molecule has 0 saturated carbocycles. The first-order valence-electron chi connectivity index (χ1n) is 24.7. The second-order valence-electron chi connectivity index (χ2n) is 18.7. The second-order valence-corrected chi connectivity index (χ2v) is 29.8. The van der Waals surface area contributed by atoms with Crippen LogP contribution in [0.3, 0.4) is 0 Å². The third-order valence-corrected chi connectivity index (χ3v) is 24.9. The monoisotopic (exact) mass is 1190 g/mol. The van der Waals surface area contributed by atoms with E-state index in [1.54, 1.807) is 46.7 Å². The van der Waals surface area contributed by atoms with E-state index in [9.17, 15) is 0 Å². The van der Waals surface area contributed by atoms with Gasteiger partial charge in [0.2, 0.25) is 0 Å². The molecule has 0 spiro atoms. The molecule has 368 valence electrons. The van der Waals surface area contributed by atoms with E-state index in [2.05, 4.69) is 298 Å². The molecule has 0 unspecified atom stereocenters. The summed E-state index contributed by atoms with van der Waals surface area (Å²) in [6.07, 6.45) is 0. The van der Waals surface area contributed by atoms with E-state index in [1.807, 2.05) is 0 Å². The predicted molar refractivity (Wildman–Crippen MR) is 312 cm³/mol. The molecule has 6 heteroatoms. The summed E-state index contributed by atoms with van der Waals surface area (Å²) in [7, 11) is 0. The minimum absolute atomic E-state index is 0. The van der Waals surface area contributed by atoms with E-state index in [0.29, 0.717) is 0 Å². The average Bonchev–Trinajstić information content (AvgIpc) is 4.20. The Morgan fingerprint density at radius 2 is 0.446 bits per heavy atom. The van der Waals surface area contributed by atoms with Gasteiger partial charge < -0.3 is 24.8 Å². The van der Waals surface area contributed by atoms with Crippen LogP contribution in [0.1, 0.15) is 44.5 Å². The Hall–Kier alpha value is -5.02. The molecular weight excluding hydrogens is 1130 g/mol. The molecule has 12 aromatic carbocycles. The molecule has 0 N–H and O–H groups in total. The number of fused-ring (bicyclic) bond motifs is 4. The average molecular weight is 1190 g/mol. The van der Waals surface area contributed by atoms with Gasteiger partial charge in [0.1, 0.15) is 0 Å². The first kappa shape index (κ1) is 59.9. The van der Waals surface area contributed by atoms with E-state index in [0.717, 1.165) is 0 Å². The Bertz CT molecular complexity index is 3160. The fourth-order valence-corrected chi connectivity index (χ4v) is 16.6. The Kier molecular flexibility index (Phi) is 24.2. The second kappa shape index (κ2) is 29.9. The molecule has 0 radical (unpaired) electrons. The van der Waals surface area contributed by atoms with Gasteiger partial charge in [-0.2, -0.15) is 24.3 Å². The fraction of sp³-hybridized carbons (Fsp3) is 0.118. The molecule has 0 amide bonds. The van der Waals surface area contributed by atoms with Crippen LogP contribution in [0.15, 0.2) is 243 Å². The van der Waals surface area contributed by atoms with Crippen LogP contribution >= 0.6 is 0 Å². The molecule has 0 aliphatic carbocycles. The molecule has 0 bridgehead atoms. The Balaban J connectivity index is 0.000000164. The van der Waals surface area contributed by atoms with Crippen molar-refractivity contribution < 1.29 is 71.5 Å². The molecular formula is C68H64Cl2Si2Zr2-2. The van der Waals surface area contributed by atoms with Gasteiger partial charge in [-0.15, -0.1) is 138 Å². The van der Waals surface area contributed by atoms with Crippen molar-refractivity contribution in [2.75, 3.05) is 0 Å². The number of halogens is 2. The van der Waals surface area contributed by atoms with Crippen molar-refractivity contribution in [2.45, 2.75) is 55.4 Å². The van der Waals surface area contributed by atoms with Gasteiger partial charge in [0.05, 0.1) is 0 Å². The van der Waals surface area contributed by atoms with Crippen molar-refractivity contribution in [3.63, 3.8) is 0 Å². The first-order chi connectivity index (χ1) is 34.8. The van der Waals surface area contributed by atoms with E-state index >= 15 is 0 Å². The van der Waals surface area contributed by atoms with Crippen molar-refractivity contribution in [3.05, 3.63) is 287 Å². The van der Waals surface area contributed by atoms with E-state index in [4.69, 9.17) is 0 Å². The van der Waals surface area contributed by atoms with Crippen molar-refractivity contribution in [3.8, 4) is 0 Å². The van der Waals surface area contributed by atoms with Gasteiger partial charge in [-0.05, 0) is 27.7 Å². The van der Waals surface area contributed by atoms with E-state index in [-0.39, 0.29) is 24.8 Å². The summed E-state index contributed by atoms with van der Waals surface area (Å²) in [5.74, 6) is 0. The summed E-state index contributed by atoms with van der Waals surface area (Å²) in [6, 6.07) is 86.9. The summed E-state index contributed by atoms with van der Waals surface area (Å²) < 4.78 is 0. The number of benzene rings is 8. The molecule has 0 nitrogen and oxygen atoms in total. The molecule has 0 aromatic heterocycles. The molecule has 0 fully saturated rings. The van der Waals surface area contributed by atoms with Gasteiger partial charge in [-0.25, -0.2) is 0 Å². The summed E-state index contributed by atoms with van der Waals surface area (Å²) >= 11 is 3.29. The zero-order valence-electron chi connectivity index (χ0n) is 43.8. The van der Waals surface area contributed by atoms with Crippen LogP contribution in [-0.4, -0.2) is 10.9 Å². The number of aryl methyl sites for hydroxylation is 8. The summed E-state index contributed by atoms with van der Waals surface area (Å²) in [6.45, 7) is 17.2. The standard InChI is InChI=1S/2C12H10Si.4C11H11.2ClH.2Zr/c2*1-3-7-11(8-4-1)13-12-9-5-2-6-10-12;4*1-8-6-10-5-3-4-9(2)11(10)7-8;;;;/h2*1-10H;4*3-7H,1-2H3;2*1H;;/q;;4*-1;;;2*+2/p-2. The van der Waals surface area contributed by atoms with Crippen molar-refractivity contribution in [1.29, 1.82) is 0 Å². The van der Waals surface area contributed by atoms with Crippen molar-refractivity contribution in [1.82, 2.24) is 0 Å². The third-order valence-electron chi connectivity index (χ3n) is 12.7. The zero-order chi connectivity index (χ0) is 51.0. The van der Waals surface area contributed by atoms with Crippen LogP contribution in [0.4, 0.5) is 0 Å². The molecule has 74 heavy (non-hydrogen) atoms. The molecule has 0 aliphatic rings. The Labute approximate surface area is 484 Å². The SMILES string of the molecule is Cc1cc2c(C)cccc2[cH-]1.Cc1cc2c(C)cccc2[cH-]1.Cc1cc2c(C)cccc2[cH-]1.Cc1cc2c(C)cccc2[cH-]1.[Cl-].[Cl-].[Zr+2]=[Si](c1ccccc1)c1ccccc1.[Zr+2]=[Si](c1ccccc1)c1ccccc1. The maximum atomic E-state index is 2.25. The normalized spacial score (nSPS) is 10.1. The van der Waals surface area contributed by atoms with Crippen molar-refractivity contribution in [2.24, 2.45) is 0 Å². The van der Waals surface area contributed by atoms with Crippen LogP contribution in [0.2, 0.25) is 0 Å². The van der Waals surface area contributed by atoms with Crippen LogP contribution in [0.5, 0.6) is 0 Å². The van der Waals surface area contributed by atoms with Gasteiger partial charge in [0, 0.05) is 0 Å². The van der Waals surface area contributed by atoms with Crippen LogP contribution in [0, 0.1) is 55.4 Å². The van der Waals surface area contributed by atoms with Gasteiger partial charge in [0.15, 0.2) is 0 Å². The van der Waals surface area contributed by atoms with Crippen LogP contribution < -0.4 is 45.6 Å². The Morgan fingerprint density at radius 3 is 0.622 bits per heavy atom. The maximum absolute atomic E-state index is 2.25. The number of hydrogen-bond acceptors (Lipinski definition) is 0. The van der Waals surface area contributed by atoms with Gasteiger partial charge in [-0.1, -0.05) is 74.2 Å². The topological polar surface area (TPSA) is 0 Å². The fourth-order valence-electron chi connectivity index (χ4n) is 8.92. The summed E-state index contributed by atoms with van der Waals surface area (Å²) in [4.78, 5) is 0. The van der Waals surface area contributed by atoms with Gasteiger partial charge >= 0.3 is 200 Å². The molecule has 0 aliphatic heterocycles. The summed E-state index contributed by atoms with van der Waals surface area (Å²) in [5.41, 5.74) is 10.00. The molecule has 12 rings (SSSR count). The van der Waals surface area contributed by atoms with Gasteiger partial charge in [0.25, 0.3) is 0 Å². The third kappa shape index (κ3) is 17.0. The molecule has 0 atom stereocenters. The summed E-state index contributed by atoms with van der Waals surface area (Å²) in [5, 5.41) is 17.1. The molecule has 12 aromatic rings. The molecule has 0 saturated heterocycles. The quantitative estimate of drug-likeness (QED) is 0.122. The number of hydrogen-bond donors (Lipinski definition) is 0. The van der Waals surface area contributed by atoms with Crippen molar-refractivity contribution >= 4 is 74.7 Å². The van der Waals surface area contributed by atoms with E-state index in [1.165, 1.54) is 108 Å². The van der Waals surface area contributed by atoms with Gasteiger partial charge in [-0.3, -0.25) is 0 Å². The first-order valence-corrected chi connectivity index (χ1v) is 35.1. The Morgan fingerprint density at radius 1 is 0.257 bits per heavy atom. The van der Waals surface area contributed by atoms with Crippen LogP contribution in [-0.2, 0) is 46.7 Å². The molecule has 0 heterocycles.